The number of ether oxygens (including phenoxy) is 10. The summed E-state index contributed by atoms with van der Waals surface area (Å²) in [6, 6.07) is -4.05. The lowest BCUT2D eigenvalue weighted by atomic mass is 9.93. The summed E-state index contributed by atoms with van der Waals surface area (Å²) >= 11 is 0. The molecule has 13 N–H and O–H groups in total. The Morgan fingerprint density at radius 3 is 1.25 bits per heavy atom. The van der Waals surface area contributed by atoms with Crippen molar-refractivity contribution < 1.29 is 113 Å². The molecule has 65 heavy (non-hydrogen) atoms. The number of aliphatic hydroxyl groups excluding tert-OH is 10. The first kappa shape index (κ1) is 53.6. The van der Waals surface area contributed by atoms with Crippen LogP contribution in [0.15, 0.2) is 0 Å². The molecule has 25 atom stereocenters. The minimum Gasteiger partial charge on any atom is -0.394 e. The number of nitrogens with one attached hydrogen (secondary N) is 3. The first-order chi connectivity index (χ1) is 30.5. The third-order valence-electron chi connectivity index (χ3n) is 12.1. The van der Waals surface area contributed by atoms with Crippen molar-refractivity contribution >= 4 is 17.7 Å². The molecule has 26 nitrogen and oxygen atoms in total. The first-order valence-corrected chi connectivity index (χ1v) is 21.5. The number of hydrogen-bond acceptors (Lipinski definition) is 23. The molecule has 0 unspecified atom stereocenters. The van der Waals surface area contributed by atoms with Crippen LogP contribution in [0.25, 0.3) is 0 Å². The van der Waals surface area contributed by atoms with Crippen LogP contribution < -0.4 is 16.0 Å². The molecular weight excluding hydrogens is 878 g/mol. The summed E-state index contributed by atoms with van der Waals surface area (Å²) < 4.78 is 59.6. The van der Waals surface area contributed by atoms with E-state index in [1.165, 1.54) is 41.5 Å². The maximum Gasteiger partial charge on any atom is 0.217 e. The van der Waals surface area contributed by atoms with Crippen molar-refractivity contribution in [2.75, 3.05) is 13.2 Å². The van der Waals surface area contributed by atoms with E-state index in [4.69, 9.17) is 47.4 Å². The molecule has 0 radical (unpaired) electrons. The van der Waals surface area contributed by atoms with Gasteiger partial charge in [-0.3, -0.25) is 14.4 Å². The lowest BCUT2D eigenvalue weighted by Gasteiger charge is -2.51. The molecule has 0 bridgehead atoms. The fourth-order valence-electron chi connectivity index (χ4n) is 8.45. The Hall–Kier alpha value is -2.39. The smallest absolute Gasteiger partial charge is 0.217 e. The van der Waals surface area contributed by atoms with Crippen molar-refractivity contribution in [2.45, 2.75) is 215 Å². The number of carbonyl (C=O) groups is 3. The third-order valence-corrected chi connectivity index (χ3v) is 12.1. The lowest BCUT2D eigenvalue weighted by Crippen LogP contribution is -2.71. The second-order valence-corrected chi connectivity index (χ2v) is 17.2. The Kier molecular flexibility index (Phi) is 18.8. The molecule has 5 aliphatic rings. The molecule has 0 spiro atoms. The molecule has 0 saturated carbocycles. The van der Waals surface area contributed by atoms with Crippen molar-refractivity contribution in [3.63, 3.8) is 0 Å². The van der Waals surface area contributed by atoms with Gasteiger partial charge in [-0.15, -0.1) is 0 Å². The summed E-state index contributed by atoms with van der Waals surface area (Å²) in [5.74, 6) is -1.87. The van der Waals surface area contributed by atoms with E-state index in [9.17, 15) is 65.4 Å². The highest BCUT2D eigenvalue weighted by molar-refractivity contribution is 5.74. The molecule has 0 aromatic rings. The van der Waals surface area contributed by atoms with Crippen LogP contribution in [0.3, 0.4) is 0 Å². The van der Waals surface area contributed by atoms with E-state index < -0.39 is 190 Å². The second kappa shape index (κ2) is 22.8. The summed E-state index contributed by atoms with van der Waals surface area (Å²) in [4.78, 5) is 37.2. The molecule has 5 heterocycles. The highest BCUT2D eigenvalue weighted by Crippen LogP contribution is 2.36. The SMILES string of the molecule is CC(=O)N[C@H]1[C@@H](O)[C@@H](C)O[C@H](O[C@H]2[C@@H](O[C@H]3[C@@H](O[C@@H]4[C@@H](O)[C@@H](O)[C@H](O[C@@H]5[C@@H](O)[C@H](C)O[C@@H](OC(CO)CO)[C@@H]5O)O[C@H]4C)O[C@H](C)[C@H](O)[C@@H]3NC(C)=O)O[C@H](C)[C@H](O)[C@@H]2NC(C)=O)[C@@H]1O. The summed E-state index contributed by atoms with van der Waals surface area (Å²) in [6.07, 6.45) is -34.4. The molecule has 0 aromatic heterocycles. The van der Waals surface area contributed by atoms with E-state index in [-0.39, 0.29) is 0 Å². The Balaban J connectivity index is 1.42. The van der Waals surface area contributed by atoms with Crippen LogP contribution in [-0.2, 0) is 61.8 Å². The second-order valence-electron chi connectivity index (χ2n) is 17.2. The number of hydrogen-bond donors (Lipinski definition) is 13. The van der Waals surface area contributed by atoms with Crippen LogP contribution >= 0.6 is 0 Å². The van der Waals surface area contributed by atoms with Crippen molar-refractivity contribution in [1.82, 2.24) is 16.0 Å². The van der Waals surface area contributed by atoms with Gasteiger partial charge in [0.15, 0.2) is 31.5 Å². The molecule has 376 valence electrons. The molecule has 5 aliphatic heterocycles. The molecule has 0 aromatic carbocycles. The van der Waals surface area contributed by atoms with Crippen LogP contribution in [0.2, 0.25) is 0 Å². The molecule has 5 saturated heterocycles. The summed E-state index contributed by atoms with van der Waals surface area (Å²) in [6.45, 7) is 9.43. The quantitative estimate of drug-likeness (QED) is 0.0725. The van der Waals surface area contributed by atoms with Crippen LogP contribution in [-0.4, -0.2) is 241 Å². The van der Waals surface area contributed by atoms with Crippen molar-refractivity contribution in [1.29, 1.82) is 0 Å². The van der Waals surface area contributed by atoms with E-state index in [1.54, 1.807) is 0 Å². The van der Waals surface area contributed by atoms with Crippen LogP contribution in [0.5, 0.6) is 0 Å². The van der Waals surface area contributed by atoms with Crippen molar-refractivity contribution in [3.8, 4) is 0 Å². The standard InChI is InChI=1S/C39H67N3O23/c1-11-23(48)20(40-16(6)45)27(52)35(56-11)63-32-21(41-17(7)46)24(49)13(3)59-39(32)64-33-22(42-18(8)47)25(50)12(2)58-38(33)62-31-15(5)60-36(29(54)28(31)53)65-34-26(51)14(4)57-37(30(34)55)61-19(9-43)10-44/h11-15,19-39,43-44,48-55H,9-10H2,1-8H3,(H,40,45)(H,41,46)(H,42,47)/t11-,12-,13-,14+,15+,20+,21+,22+,23+,24+,25+,26+,27-,28+,29-,30-,31+,32-,33-,34-,35-,36+,37+,38-,39-/m1/s1. The summed E-state index contributed by atoms with van der Waals surface area (Å²) in [5, 5.41) is 116. The fraction of sp³-hybridized carbons (Fsp3) is 0.923. The molecule has 3 amide bonds. The highest BCUT2D eigenvalue weighted by Gasteiger charge is 2.56. The molecule has 5 rings (SSSR count). The summed E-state index contributed by atoms with van der Waals surface area (Å²) in [5.41, 5.74) is 0. The average Bonchev–Trinajstić information content (AvgIpc) is 3.23. The normalized spacial score (nSPS) is 47.2. The van der Waals surface area contributed by atoms with Crippen LogP contribution in [0.1, 0.15) is 55.4 Å². The van der Waals surface area contributed by atoms with Crippen LogP contribution in [0, 0.1) is 0 Å². The number of amides is 3. The largest absolute Gasteiger partial charge is 0.394 e. The number of rotatable bonds is 15. The zero-order valence-electron chi connectivity index (χ0n) is 37.2. The molecule has 5 fully saturated rings. The van der Waals surface area contributed by atoms with Crippen LogP contribution in [0.4, 0.5) is 0 Å². The molecular formula is C39H67N3O23. The van der Waals surface area contributed by atoms with Gasteiger partial charge in [0.25, 0.3) is 0 Å². The number of carbonyl (C=O) groups excluding carboxylic acids is 3. The lowest BCUT2D eigenvalue weighted by molar-refractivity contribution is -0.388. The van der Waals surface area contributed by atoms with Gasteiger partial charge < -0.3 is 114 Å². The van der Waals surface area contributed by atoms with Gasteiger partial charge in [-0.25, -0.2) is 0 Å². The van der Waals surface area contributed by atoms with E-state index >= 15 is 0 Å². The van der Waals surface area contributed by atoms with Gasteiger partial charge in [-0.05, 0) is 34.6 Å². The van der Waals surface area contributed by atoms with Gasteiger partial charge in [0, 0.05) is 20.8 Å². The maximum absolute atomic E-state index is 12.6. The average molecular weight is 946 g/mol. The third kappa shape index (κ3) is 12.3. The zero-order valence-corrected chi connectivity index (χ0v) is 37.2. The first-order valence-electron chi connectivity index (χ1n) is 21.5. The molecule has 26 heteroatoms. The topological polar surface area (TPSA) is 382 Å². The Morgan fingerprint density at radius 2 is 0.769 bits per heavy atom. The minimum absolute atomic E-state index is 0.593. The Bertz CT molecular complexity index is 1570. The Morgan fingerprint density at radius 1 is 0.415 bits per heavy atom. The van der Waals surface area contributed by atoms with E-state index in [2.05, 4.69) is 16.0 Å². The highest BCUT2D eigenvalue weighted by atomic mass is 16.8. The van der Waals surface area contributed by atoms with E-state index in [0.717, 1.165) is 13.8 Å². The summed E-state index contributed by atoms with van der Waals surface area (Å²) in [7, 11) is 0. The Labute approximate surface area is 374 Å². The number of aliphatic hydroxyl groups is 10. The minimum atomic E-state index is -1.95. The van der Waals surface area contributed by atoms with Gasteiger partial charge in [-0.2, -0.15) is 0 Å². The van der Waals surface area contributed by atoms with E-state index in [1.807, 2.05) is 0 Å². The van der Waals surface area contributed by atoms with Gasteiger partial charge in [0.05, 0.1) is 61.9 Å². The maximum atomic E-state index is 12.6. The van der Waals surface area contributed by atoms with Gasteiger partial charge in [0.1, 0.15) is 79.4 Å². The fourth-order valence-corrected chi connectivity index (χ4v) is 8.45. The predicted molar refractivity (Wildman–Crippen MR) is 211 cm³/mol. The van der Waals surface area contributed by atoms with Gasteiger partial charge in [0.2, 0.25) is 17.7 Å². The molecule has 0 aliphatic carbocycles. The van der Waals surface area contributed by atoms with Crippen molar-refractivity contribution in [2.24, 2.45) is 0 Å². The zero-order chi connectivity index (χ0) is 48.3. The predicted octanol–water partition coefficient (Wildman–Crippen LogP) is -6.98. The van der Waals surface area contributed by atoms with E-state index in [0.29, 0.717) is 0 Å². The van der Waals surface area contributed by atoms with Gasteiger partial charge >= 0.3 is 0 Å². The van der Waals surface area contributed by atoms with Gasteiger partial charge in [-0.1, -0.05) is 0 Å². The van der Waals surface area contributed by atoms with Crippen molar-refractivity contribution in [3.05, 3.63) is 0 Å². The monoisotopic (exact) mass is 945 g/mol.